The molecular weight excluding hydrogens is 606 g/mol. The lowest BCUT2D eigenvalue weighted by Crippen LogP contribution is -2.54. The molecule has 2 amide bonds. The molecule has 1 atom stereocenters. The maximum absolute atomic E-state index is 14.4. The van der Waals surface area contributed by atoms with E-state index in [1.807, 2.05) is 44.2 Å². The molecule has 0 unspecified atom stereocenters. The zero-order chi connectivity index (χ0) is 33.1. The van der Waals surface area contributed by atoms with Crippen molar-refractivity contribution in [2.75, 3.05) is 31.7 Å². The van der Waals surface area contributed by atoms with Crippen LogP contribution in [0.1, 0.15) is 57.9 Å². The number of benzene rings is 3. The van der Waals surface area contributed by atoms with Gasteiger partial charge in [0.1, 0.15) is 18.3 Å². The van der Waals surface area contributed by atoms with E-state index >= 15 is 0 Å². The summed E-state index contributed by atoms with van der Waals surface area (Å²) >= 11 is 0. The molecule has 0 saturated heterocycles. The van der Waals surface area contributed by atoms with Crippen LogP contribution in [-0.4, -0.2) is 64.6 Å². The van der Waals surface area contributed by atoms with Crippen molar-refractivity contribution in [2.24, 2.45) is 0 Å². The summed E-state index contributed by atoms with van der Waals surface area (Å²) in [6.07, 6.45) is 5.44. The first kappa shape index (κ1) is 34.6. The molecule has 46 heavy (non-hydrogen) atoms. The molecule has 1 fully saturated rings. The molecule has 0 radical (unpaired) electrons. The van der Waals surface area contributed by atoms with Gasteiger partial charge in [0.25, 0.3) is 10.0 Å². The van der Waals surface area contributed by atoms with E-state index in [9.17, 15) is 18.0 Å². The molecule has 1 aliphatic carbocycles. The normalized spacial score (nSPS) is 14.2. The first-order valence-electron chi connectivity index (χ1n) is 15.8. The smallest absolute Gasteiger partial charge is 0.264 e. The second kappa shape index (κ2) is 16.4. The summed E-state index contributed by atoms with van der Waals surface area (Å²) in [5.41, 5.74) is 1.10. The Bertz CT molecular complexity index is 1540. The number of methoxy groups -OCH3 is 2. The summed E-state index contributed by atoms with van der Waals surface area (Å²) < 4.78 is 45.9. The molecule has 3 aromatic rings. The number of nitrogens with zero attached hydrogens (tertiary/aromatic N) is 2. The molecule has 0 bridgehead atoms. The van der Waals surface area contributed by atoms with Crippen LogP contribution in [0.15, 0.2) is 77.7 Å². The van der Waals surface area contributed by atoms with Crippen molar-refractivity contribution in [3.8, 4) is 17.2 Å². The van der Waals surface area contributed by atoms with Gasteiger partial charge in [-0.2, -0.15) is 0 Å². The quantitative estimate of drug-likeness (QED) is 0.229. The van der Waals surface area contributed by atoms with E-state index in [1.54, 1.807) is 24.3 Å². The van der Waals surface area contributed by atoms with Gasteiger partial charge < -0.3 is 24.4 Å². The minimum Gasteiger partial charge on any atom is -0.494 e. The number of ether oxygens (including phenoxy) is 3. The van der Waals surface area contributed by atoms with Crippen molar-refractivity contribution in [1.82, 2.24) is 10.2 Å². The molecule has 10 nitrogen and oxygen atoms in total. The topological polar surface area (TPSA) is 114 Å². The van der Waals surface area contributed by atoms with Crippen LogP contribution >= 0.6 is 0 Å². The lowest BCUT2D eigenvalue weighted by Gasteiger charge is -2.34. The Morgan fingerprint density at radius 3 is 2.17 bits per heavy atom. The molecule has 248 valence electrons. The van der Waals surface area contributed by atoms with E-state index in [0.29, 0.717) is 24.5 Å². The summed E-state index contributed by atoms with van der Waals surface area (Å²) in [6.45, 7) is 3.77. The van der Waals surface area contributed by atoms with E-state index in [0.717, 1.165) is 42.0 Å². The van der Waals surface area contributed by atoms with Gasteiger partial charge in [0.05, 0.1) is 31.4 Å². The first-order chi connectivity index (χ1) is 22.2. The Balaban J connectivity index is 1.73. The number of anilines is 1. The summed E-state index contributed by atoms with van der Waals surface area (Å²) in [5.74, 6) is 0.435. The fraction of sp³-hybridized carbons (Fsp3) is 0.429. The van der Waals surface area contributed by atoms with Crippen LogP contribution in [-0.2, 0) is 26.2 Å². The van der Waals surface area contributed by atoms with Gasteiger partial charge in [-0.15, -0.1) is 0 Å². The third-order valence-corrected chi connectivity index (χ3v) is 9.96. The van der Waals surface area contributed by atoms with Crippen molar-refractivity contribution in [3.63, 3.8) is 0 Å². The van der Waals surface area contributed by atoms with Crippen molar-refractivity contribution < 1.29 is 32.2 Å². The number of hydrogen-bond donors (Lipinski definition) is 1. The maximum atomic E-state index is 14.4. The van der Waals surface area contributed by atoms with E-state index < -0.39 is 28.5 Å². The molecule has 0 aliphatic heterocycles. The highest BCUT2D eigenvalue weighted by molar-refractivity contribution is 7.92. The second-order valence-corrected chi connectivity index (χ2v) is 13.1. The van der Waals surface area contributed by atoms with Crippen LogP contribution in [0.2, 0.25) is 0 Å². The monoisotopic (exact) mass is 651 g/mol. The summed E-state index contributed by atoms with van der Waals surface area (Å²) in [7, 11) is -1.42. The number of nitrogens with one attached hydrogen (secondary N) is 1. The van der Waals surface area contributed by atoms with Crippen molar-refractivity contribution in [2.45, 2.75) is 75.9 Å². The Hall–Kier alpha value is -4.25. The van der Waals surface area contributed by atoms with Crippen LogP contribution in [0, 0.1) is 0 Å². The number of rotatable bonds is 15. The molecule has 0 heterocycles. The van der Waals surface area contributed by atoms with Crippen LogP contribution in [0.3, 0.4) is 0 Å². The van der Waals surface area contributed by atoms with Crippen LogP contribution in [0.5, 0.6) is 17.2 Å². The number of hydrogen-bond acceptors (Lipinski definition) is 7. The van der Waals surface area contributed by atoms with Gasteiger partial charge in [-0.3, -0.25) is 13.9 Å². The van der Waals surface area contributed by atoms with Crippen LogP contribution in [0.25, 0.3) is 0 Å². The zero-order valence-electron chi connectivity index (χ0n) is 27.1. The SMILES string of the molecule is CCOc1ccc(N(CC(=O)N(Cc2ccccc2)[C@H](CC)C(=O)NC2CCCCC2)S(=O)(=O)c2ccc(OC)c(OC)c2)cc1. The largest absolute Gasteiger partial charge is 0.494 e. The molecule has 0 spiro atoms. The highest BCUT2D eigenvalue weighted by Gasteiger charge is 2.35. The molecule has 1 saturated carbocycles. The molecule has 4 rings (SSSR count). The van der Waals surface area contributed by atoms with E-state index in [2.05, 4.69) is 5.32 Å². The van der Waals surface area contributed by atoms with Crippen molar-refractivity contribution in [3.05, 3.63) is 78.4 Å². The Kier molecular flexibility index (Phi) is 12.3. The molecular formula is C35H45N3O7S. The maximum Gasteiger partial charge on any atom is 0.264 e. The summed E-state index contributed by atoms with van der Waals surface area (Å²) in [4.78, 5) is 29.5. The Morgan fingerprint density at radius 2 is 1.57 bits per heavy atom. The van der Waals surface area contributed by atoms with Crippen LogP contribution < -0.4 is 23.8 Å². The fourth-order valence-corrected chi connectivity index (χ4v) is 7.18. The molecule has 0 aromatic heterocycles. The third kappa shape index (κ3) is 8.51. The predicted molar refractivity (Wildman–Crippen MR) is 178 cm³/mol. The molecule has 11 heteroatoms. The first-order valence-corrected chi connectivity index (χ1v) is 17.3. The van der Waals surface area contributed by atoms with Gasteiger partial charge in [-0.1, -0.05) is 56.5 Å². The third-order valence-electron chi connectivity index (χ3n) is 8.19. The second-order valence-electron chi connectivity index (χ2n) is 11.2. The lowest BCUT2D eigenvalue weighted by molar-refractivity contribution is -0.140. The van der Waals surface area contributed by atoms with E-state index in [1.165, 1.54) is 37.3 Å². The number of sulfonamides is 1. The number of carbonyl (C=O) groups is 2. The highest BCUT2D eigenvalue weighted by atomic mass is 32.2. The molecule has 1 N–H and O–H groups in total. The van der Waals surface area contributed by atoms with Crippen LogP contribution in [0.4, 0.5) is 5.69 Å². The van der Waals surface area contributed by atoms with E-state index in [-0.39, 0.29) is 34.8 Å². The highest BCUT2D eigenvalue weighted by Crippen LogP contribution is 2.33. The van der Waals surface area contributed by atoms with Crippen molar-refractivity contribution in [1.29, 1.82) is 0 Å². The molecule has 3 aromatic carbocycles. The van der Waals surface area contributed by atoms with Gasteiger partial charge in [0, 0.05) is 18.7 Å². The zero-order valence-corrected chi connectivity index (χ0v) is 27.9. The average Bonchev–Trinajstić information content (AvgIpc) is 3.08. The van der Waals surface area contributed by atoms with Gasteiger partial charge in [-0.25, -0.2) is 8.42 Å². The van der Waals surface area contributed by atoms with Crippen molar-refractivity contribution >= 4 is 27.5 Å². The average molecular weight is 652 g/mol. The van der Waals surface area contributed by atoms with Gasteiger partial charge in [0.15, 0.2) is 11.5 Å². The van der Waals surface area contributed by atoms with Gasteiger partial charge in [-0.05, 0) is 68.1 Å². The minimum absolute atomic E-state index is 0.0646. The van der Waals surface area contributed by atoms with Gasteiger partial charge in [0.2, 0.25) is 11.8 Å². The summed E-state index contributed by atoms with van der Waals surface area (Å²) in [5, 5.41) is 3.17. The Labute approximate surface area is 272 Å². The minimum atomic E-state index is -4.30. The number of amides is 2. The summed E-state index contributed by atoms with van der Waals surface area (Å²) in [6, 6.07) is 19.5. The van der Waals surface area contributed by atoms with Gasteiger partial charge >= 0.3 is 0 Å². The predicted octanol–water partition coefficient (Wildman–Crippen LogP) is 5.55. The lowest BCUT2D eigenvalue weighted by atomic mass is 9.95. The Morgan fingerprint density at radius 1 is 0.891 bits per heavy atom. The molecule has 1 aliphatic rings. The number of carbonyl (C=O) groups excluding carboxylic acids is 2. The van der Waals surface area contributed by atoms with E-state index in [4.69, 9.17) is 14.2 Å². The standard InChI is InChI=1S/C35H45N3O7S/c1-5-31(35(40)36-27-15-11-8-12-16-27)37(24-26-13-9-7-10-14-26)34(39)25-38(28-17-19-29(20-18-28)45-6-2)46(41,42)30-21-22-32(43-3)33(23-30)44-4/h7,9-10,13-14,17-23,27,31H,5-6,8,11-12,15-16,24-25H2,1-4H3,(H,36,40)/t31-/m1/s1. The fourth-order valence-electron chi connectivity index (χ4n) is 5.75.